The number of aromatic nitrogens is 1. The summed E-state index contributed by atoms with van der Waals surface area (Å²) in [6.45, 7) is 4.16. The van der Waals surface area contributed by atoms with E-state index in [0.717, 1.165) is 17.3 Å². The molecule has 1 aliphatic rings. The quantitative estimate of drug-likeness (QED) is 0.513. The predicted molar refractivity (Wildman–Crippen MR) is 121 cm³/mol. The van der Waals surface area contributed by atoms with Crippen molar-refractivity contribution in [3.05, 3.63) is 59.3 Å². The first kappa shape index (κ1) is 22.6. The standard InChI is InChI=1S/C24H23F3N4O2/c1-4-8-31(3)21-12-20-19(11-17(21)24(25,26)27)29-23(32)13-18(28-20)15-6-5-7-16(10-15)22-9-14(2)30-33-22/h5-7,9-12H,4,8,13H2,1-3H3,(H,29,32). The Bertz CT molecular complexity index is 1230. The zero-order chi connectivity index (χ0) is 23.8. The van der Waals surface area contributed by atoms with Crippen LogP contribution in [0.5, 0.6) is 0 Å². The van der Waals surface area contributed by atoms with Crippen LogP contribution in [0.3, 0.4) is 0 Å². The number of hydrogen-bond donors (Lipinski definition) is 1. The van der Waals surface area contributed by atoms with Gasteiger partial charge in [-0.15, -0.1) is 0 Å². The number of carbonyl (C=O) groups excluding carboxylic acids is 1. The number of halogens is 3. The molecule has 1 amide bonds. The van der Waals surface area contributed by atoms with Gasteiger partial charge in [-0.3, -0.25) is 9.79 Å². The van der Waals surface area contributed by atoms with E-state index in [2.05, 4.69) is 15.5 Å². The lowest BCUT2D eigenvalue weighted by atomic mass is 10.0. The summed E-state index contributed by atoms with van der Waals surface area (Å²) in [7, 11) is 1.61. The number of aliphatic imine (C=N–C) groups is 1. The number of nitrogens with one attached hydrogen (secondary N) is 1. The van der Waals surface area contributed by atoms with Crippen molar-refractivity contribution in [2.45, 2.75) is 32.9 Å². The highest BCUT2D eigenvalue weighted by atomic mass is 19.4. The van der Waals surface area contributed by atoms with Crippen LogP contribution >= 0.6 is 0 Å². The molecule has 172 valence electrons. The Labute approximate surface area is 189 Å². The molecule has 3 aromatic rings. The third kappa shape index (κ3) is 4.76. The van der Waals surface area contributed by atoms with Gasteiger partial charge >= 0.3 is 6.18 Å². The summed E-state index contributed by atoms with van der Waals surface area (Å²) in [5, 5.41) is 6.48. The number of fused-ring (bicyclic) bond motifs is 1. The zero-order valence-corrected chi connectivity index (χ0v) is 18.5. The highest BCUT2D eigenvalue weighted by molar-refractivity contribution is 6.17. The van der Waals surface area contributed by atoms with Crippen LogP contribution in [-0.4, -0.2) is 30.4 Å². The van der Waals surface area contributed by atoms with Crippen molar-refractivity contribution in [1.29, 1.82) is 0 Å². The molecule has 1 aromatic heterocycles. The van der Waals surface area contributed by atoms with Crippen LogP contribution in [-0.2, 0) is 11.0 Å². The second-order valence-electron chi connectivity index (χ2n) is 8.00. The summed E-state index contributed by atoms with van der Waals surface area (Å²) in [5.74, 6) is 0.142. The van der Waals surface area contributed by atoms with Gasteiger partial charge in [-0.2, -0.15) is 13.2 Å². The first-order chi connectivity index (χ1) is 15.7. The number of alkyl halides is 3. The molecule has 0 spiro atoms. The zero-order valence-electron chi connectivity index (χ0n) is 18.5. The van der Waals surface area contributed by atoms with Crippen molar-refractivity contribution >= 4 is 28.7 Å². The van der Waals surface area contributed by atoms with E-state index in [9.17, 15) is 18.0 Å². The maximum atomic E-state index is 13.8. The van der Waals surface area contributed by atoms with Gasteiger partial charge in [0.1, 0.15) is 0 Å². The van der Waals surface area contributed by atoms with Gasteiger partial charge in [0.25, 0.3) is 0 Å². The fourth-order valence-corrected chi connectivity index (χ4v) is 3.82. The van der Waals surface area contributed by atoms with E-state index in [4.69, 9.17) is 4.52 Å². The van der Waals surface area contributed by atoms with Crippen molar-refractivity contribution in [3.63, 3.8) is 0 Å². The number of benzene rings is 2. The number of hydrogen-bond acceptors (Lipinski definition) is 5. The van der Waals surface area contributed by atoms with Crippen LogP contribution in [0.15, 0.2) is 52.0 Å². The van der Waals surface area contributed by atoms with Gasteiger partial charge in [-0.25, -0.2) is 0 Å². The van der Waals surface area contributed by atoms with E-state index in [0.29, 0.717) is 30.0 Å². The summed E-state index contributed by atoms with van der Waals surface area (Å²) in [4.78, 5) is 18.7. The lowest BCUT2D eigenvalue weighted by Crippen LogP contribution is -2.22. The van der Waals surface area contributed by atoms with Gasteiger partial charge in [0.15, 0.2) is 5.76 Å². The second kappa shape index (κ2) is 8.73. The molecule has 0 aliphatic carbocycles. The minimum Gasteiger partial charge on any atom is -0.374 e. The Morgan fingerprint density at radius 3 is 2.58 bits per heavy atom. The molecule has 6 nitrogen and oxygen atoms in total. The molecule has 0 fully saturated rings. The molecule has 0 radical (unpaired) electrons. The molecular formula is C24H23F3N4O2. The van der Waals surface area contributed by atoms with Gasteiger partial charge < -0.3 is 14.7 Å². The maximum absolute atomic E-state index is 13.8. The average molecular weight is 456 g/mol. The smallest absolute Gasteiger partial charge is 0.374 e. The minimum atomic E-state index is -4.57. The molecule has 33 heavy (non-hydrogen) atoms. The molecule has 0 atom stereocenters. The molecule has 1 aliphatic heterocycles. The summed E-state index contributed by atoms with van der Waals surface area (Å²) < 4.78 is 46.7. The van der Waals surface area contributed by atoms with E-state index >= 15 is 0 Å². The largest absolute Gasteiger partial charge is 0.418 e. The summed E-state index contributed by atoms with van der Waals surface area (Å²) >= 11 is 0. The number of anilines is 2. The molecular weight excluding hydrogens is 433 g/mol. The Hall–Kier alpha value is -3.62. The van der Waals surface area contributed by atoms with Crippen molar-refractivity contribution in [1.82, 2.24) is 5.16 Å². The molecule has 0 bridgehead atoms. The van der Waals surface area contributed by atoms with Crippen LogP contribution in [0.2, 0.25) is 0 Å². The molecule has 0 unspecified atom stereocenters. The van der Waals surface area contributed by atoms with Crippen LogP contribution in [0.25, 0.3) is 11.3 Å². The monoisotopic (exact) mass is 456 g/mol. The Morgan fingerprint density at radius 2 is 1.91 bits per heavy atom. The number of amides is 1. The topological polar surface area (TPSA) is 70.7 Å². The Morgan fingerprint density at radius 1 is 1.15 bits per heavy atom. The van der Waals surface area contributed by atoms with Crippen molar-refractivity contribution in [2.75, 3.05) is 23.8 Å². The summed E-state index contributed by atoms with van der Waals surface area (Å²) in [6, 6.07) is 11.4. The summed E-state index contributed by atoms with van der Waals surface area (Å²) in [6.07, 6.45) is -3.96. The Balaban J connectivity index is 1.83. The molecule has 0 saturated heterocycles. The molecule has 2 heterocycles. The van der Waals surface area contributed by atoms with Gasteiger partial charge in [0.2, 0.25) is 5.91 Å². The summed E-state index contributed by atoms with van der Waals surface area (Å²) in [5.41, 5.74) is 2.16. The maximum Gasteiger partial charge on any atom is 0.418 e. The number of rotatable bonds is 5. The molecule has 4 rings (SSSR count). The molecule has 1 N–H and O–H groups in total. The van der Waals surface area contributed by atoms with Crippen molar-refractivity contribution < 1.29 is 22.5 Å². The number of carbonyl (C=O) groups is 1. The van der Waals surface area contributed by atoms with Crippen LogP contribution in [0.4, 0.5) is 30.2 Å². The van der Waals surface area contributed by atoms with Gasteiger partial charge in [-0.1, -0.05) is 30.3 Å². The number of nitrogens with zero attached hydrogens (tertiary/aromatic N) is 3. The third-order valence-corrected chi connectivity index (χ3v) is 5.36. The fourth-order valence-electron chi connectivity index (χ4n) is 3.82. The van der Waals surface area contributed by atoms with E-state index in [-0.39, 0.29) is 23.5 Å². The fraction of sp³-hybridized carbons (Fsp3) is 0.292. The van der Waals surface area contributed by atoms with Crippen molar-refractivity contribution in [2.24, 2.45) is 4.99 Å². The van der Waals surface area contributed by atoms with Gasteiger partial charge in [0.05, 0.1) is 40.5 Å². The predicted octanol–water partition coefficient (Wildman–Crippen LogP) is 5.98. The van der Waals surface area contributed by atoms with Gasteiger partial charge in [0, 0.05) is 25.2 Å². The highest BCUT2D eigenvalue weighted by Gasteiger charge is 2.36. The van der Waals surface area contributed by atoms with Crippen molar-refractivity contribution in [3.8, 4) is 11.3 Å². The minimum absolute atomic E-state index is 0.0215. The van der Waals surface area contributed by atoms with Crippen LogP contribution in [0, 0.1) is 6.92 Å². The average Bonchev–Trinajstić information content (AvgIpc) is 3.12. The normalized spacial score (nSPS) is 13.8. The van der Waals surface area contributed by atoms with Crippen LogP contribution < -0.4 is 10.2 Å². The lowest BCUT2D eigenvalue weighted by molar-refractivity contribution is -0.137. The lowest BCUT2D eigenvalue weighted by Gasteiger charge is -2.24. The van der Waals surface area contributed by atoms with E-state index in [1.807, 2.05) is 32.0 Å². The molecule has 9 heteroatoms. The molecule has 2 aromatic carbocycles. The number of aryl methyl sites for hydroxylation is 1. The highest BCUT2D eigenvalue weighted by Crippen LogP contribution is 2.43. The van der Waals surface area contributed by atoms with E-state index in [1.165, 1.54) is 6.07 Å². The first-order valence-electron chi connectivity index (χ1n) is 10.5. The van der Waals surface area contributed by atoms with Crippen LogP contribution in [0.1, 0.15) is 36.6 Å². The molecule has 0 saturated carbocycles. The van der Waals surface area contributed by atoms with E-state index in [1.54, 1.807) is 24.1 Å². The van der Waals surface area contributed by atoms with E-state index < -0.39 is 17.6 Å². The Kier molecular flexibility index (Phi) is 5.97. The van der Waals surface area contributed by atoms with Gasteiger partial charge in [-0.05, 0) is 37.1 Å². The SMILES string of the molecule is CCCN(C)c1cc2c(cc1C(F)(F)F)NC(=O)CC(c1cccc(-c3cc(C)no3)c1)=N2. The first-order valence-corrected chi connectivity index (χ1v) is 10.5. The second-order valence-corrected chi connectivity index (χ2v) is 8.00. The third-order valence-electron chi connectivity index (χ3n) is 5.36.